The van der Waals surface area contributed by atoms with Crippen LogP contribution in [0.4, 0.5) is 0 Å². The molecule has 160 valence electrons. The van der Waals surface area contributed by atoms with Crippen LogP contribution in [0.5, 0.6) is 0 Å². The van der Waals surface area contributed by atoms with E-state index in [-0.39, 0.29) is 36.4 Å². The summed E-state index contributed by atoms with van der Waals surface area (Å²) in [4.78, 5) is 20.3. The highest BCUT2D eigenvalue weighted by Gasteiger charge is 2.11. The molecule has 1 amide bonds. The van der Waals surface area contributed by atoms with E-state index in [1.165, 1.54) is 19.3 Å². The first-order valence-corrected chi connectivity index (χ1v) is 10.1. The molecule has 2 N–H and O–H groups in total. The third kappa shape index (κ3) is 12.5. The van der Waals surface area contributed by atoms with Crippen LogP contribution in [-0.2, 0) is 9.53 Å². The van der Waals surface area contributed by atoms with E-state index in [2.05, 4.69) is 34.4 Å². The van der Waals surface area contributed by atoms with Crippen LogP contribution in [-0.4, -0.2) is 88.2 Å². The summed E-state index contributed by atoms with van der Waals surface area (Å²) in [5.74, 6) is 1.39. The van der Waals surface area contributed by atoms with Crippen molar-refractivity contribution in [3.8, 4) is 0 Å². The SMILES string of the molecule is CCCCC(CC)CNC(=NCC(=O)N(C)C)NCCN1CCOCC1.I. The Bertz CT molecular complexity index is 415. The van der Waals surface area contributed by atoms with Crippen LogP contribution in [0, 0.1) is 5.92 Å². The zero-order valence-corrected chi connectivity index (χ0v) is 20.0. The zero-order chi connectivity index (χ0) is 19.2. The first-order chi connectivity index (χ1) is 12.6. The third-order valence-electron chi connectivity index (χ3n) is 4.80. The minimum Gasteiger partial charge on any atom is -0.379 e. The summed E-state index contributed by atoms with van der Waals surface area (Å²) in [5, 5.41) is 6.82. The Morgan fingerprint density at radius 2 is 1.93 bits per heavy atom. The quantitative estimate of drug-likeness (QED) is 0.259. The summed E-state index contributed by atoms with van der Waals surface area (Å²) in [7, 11) is 3.52. The number of unbranched alkanes of at least 4 members (excludes halogenated alkanes) is 1. The molecule has 0 aromatic heterocycles. The maximum Gasteiger partial charge on any atom is 0.243 e. The van der Waals surface area contributed by atoms with E-state index in [1.807, 2.05) is 0 Å². The van der Waals surface area contributed by atoms with E-state index in [1.54, 1.807) is 19.0 Å². The minimum absolute atomic E-state index is 0. The van der Waals surface area contributed by atoms with Gasteiger partial charge in [-0.3, -0.25) is 9.69 Å². The van der Waals surface area contributed by atoms with E-state index < -0.39 is 0 Å². The molecule has 0 aromatic carbocycles. The topological polar surface area (TPSA) is 69.2 Å². The Kier molecular flexibility index (Phi) is 16.0. The first-order valence-electron chi connectivity index (χ1n) is 10.1. The molecule has 27 heavy (non-hydrogen) atoms. The van der Waals surface area contributed by atoms with Crippen LogP contribution < -0.4 is 10.6 Å². The molecular formula is C19H40IN5O2. The molecule has 1 rings (SSSR count). The fourth-order valence-electron chi connectivity index (χ4n) is 2.80. The molecule has 1 unspecified atom stereocenters. The number of aliphatic imine (C=N–C) groups is 1. The Hall–Kier alpha value is -0.610. The highest BCUT2D eigenvalue weighted by atomic mass is 127. The van der Waals surface area contributed by atoms with Gasteiger partial charge >= 0.3 is 0 Å². The third-order valence-corrected chi connectivity index (χ3v) is 4.80. The van der Waals surface area contributed by atoms with Crippen molar-refractivity contribution in [2.45, 2.75) is 39.5 Å². The van der Waals surface area contributed by atoms with E-state index in [9.17, 15) is 4.79 Å². The van der Waals surface area contributed by atoms with Gasteiger partial charge in [-0.15, -0.1) is 24.0 Å². The predicted molar refractivity (Wildman–Crippen MR) is 123 cm³/mol. The number of morpholine rings is 1. The van der Waals surface area contributed by atoms with Gasteiger partial charge in [0.2, 0.25) is 5.91 Å². The van der Waals surface area contributed by atoms with Crippen LogP contribution in [0.1, 0.15) is 39.5 Å². The fourth-order valence-corrected chi connectivity index (χ4v) is 2.80. The van der Waals surface area contributed by atoms with Crippen LogP contribution in [0.3, 0.4) is 0 Å². The lowest BCUT2D eigenvalue weighted by Gasteiger charge is -2.27. The molecule has 1 aliphatic heterocycles. The monoisotopic (exact) mass is 497 g/mol. The van der Waals surface area contributed by atoms with Crippen molar-refractivity contribution in [3.63, 3.8) is 0 Å². The lowest BCUT2D eigenvalue weighted by molar-refractivity contribution is -0.127. The van der Waals surface area contributed by atoms with Crippen molar-refractivity contribution < 1.29 is 9.53 Å². The lowest BCUT2D eigenvalue weighted by Crippen LogP contribution is -2.45. The second kappa shape index (κ2) is 16.4. The van der Waals surface area contributed by atoms with Crippen LogP contribution >= 0.6 is 24.0 Å². The number of amides is 1. The molecule has 1 aliphatic rings. The molecule has 1 saturated heterocycles. The van der Waals surface area contributed by atoms with E-state index in [0.717, 1.165) is 58.3 Å². The highest BCUT2D eigenvalue weighted by molar-refractivity contribution is 14.0. The van der Waals surface area contributed by atoms with Crippen molar-refractivity contribution in [3.05, 3.63) is 0 Å². The molecule has 7 nitrogen and oxygen atoms in total. The number of likely N-dealkylation sites (N-methyl/N-ethyl adjacent to an activating group) is 1. The average Bonchev–Trinajstić information content (AvgIpc) is 2.66. The van der Waals surface area contributed by atoms with Gasteiger partial charge in [0.05, 0.1) is 13.2 Å². The number of nitrogens with one attached hydrogen (secondary N) is 2. The standard InChI is InChI=1S/C19H39N5O2.HI/c1-5-7-8-17(6-2)15-21-19(22-16-18(25)23(3)4)20-9-10-24-11-13-26-14-12-24;/h17H,5-16H2,1-4H3,(H2,20,21,22);1H. The summed E-state index contributed by atoms with van der Waals surface area (Å²) in [6, 6.07) is 0. The number of carbonyl (C=O) groups is 1. The summed E-state index contributed by atoms with van der Waals surface area (Å²) in [6.45, 7) is 10.9. The molecule has 0 radical (unpaired) electrons. The number of carbonyl (C=O) groups excluding carboxylic acids is 1. The molecular weight excluding hydrogens is 457 g/mol. The number of hydrogen-bond donors (Lipinski definition) is 2. The summed E-state index contributed by atoms with van der Waals surface area (Å²) < 4.78 is 5.38. The fraction of sp³-hybridized carbons (Fsp3) is 0.895. The number of hydrogen-bond acceptors (Lipinski definition) is 4. The van der Waals surface area contributed by atoms with Gasteiger partial charge in [0, 0.05) is 46.8 Å². The van der Waals surface area contributed by atoms with Gasteiger partial charge in [-0.25, -0.2) is 4.99 Å². The molecule has 0 spiro atoms. The average molecular weight is 497 g/mol. The van der Waals surface area contributed by atoms with Crippen LogP contribution in [0.2, 0.25) is 0 Å². The Morgan fingerprint density at radius 3 is 2.52 bits per heavy atom. The molecule has 0 saturated carbocycles. The Balaban J connectivity index is 0.00000676. The molecule has 0 aliphatic carbocycles. The van der Waals surface area contributed by atoms with E-state index >= 15 is 0 Å². The van der Waals surface area contributed by atoms with Crippen LogP contribution in [0.15, 0.2) is 4.99 Å². The largest absolute Gasteiger partial charge is 0.379 e. The van der Waals surface area contributed by atoms with E-state index in [4.69, 9.17) is 4.74 Å². The van der Waals surface area contributed by atoms with E-state index in [0.29, 0.717) is 5.92 Å². The number of nitrogens with zero attached hydrogens (tertiary/aromatic N) is 3. The minimum atomic E-state index is 0. The Morgan fingerprint density at radius 1 is 1.22 bits per heavy atom. The van der Waals surface area contributed by atoms with Crippen molar-refractivity contribution in [2.24, 2.45) is 10.9 Å². The first kappa shape index (κ1) is 26.4. The molecule has 8 heteroatoms. The second-order valence-electron chi connectivity index (χ2n) is 7.13. The zero-order valence-electron chi connectivity index (χ0n) is 17.6. The predicted octanol–water partition coefficient (Wildman–Crippen LogP) is 1.78. The van der Waals surface area contributed by atoms with Crippen molar-refractivity contribution in [2.75, 3.05) is 66.6 Å². The van der Waals surface area contributed by atoms with Gasteiger partial charge < -0.3 is 20.3 Å². The van der Waals surface area contributed by atoms with Gasteiger partial charge in [-0.05, 0) is 12.3 Å². The smallest absolute Gasteiger partial charge is 0.243 e. The van der Waals surface area contributed by atoms with Crippen molar-refractivity contribution in [1.29, 1.82) is 0 Å². The van der Waals surface area contributed by atoms with Gasteiger partial charge in [0.15, 0.2) is 5.96 Å². The molecule has 1 heterocycles. The molecule has 0 bridgehead atoms. The van der Waals surface area contributed by atoms with Gasteiger partial charge in [-0.2, -0.15) is 0 Å². The number of ether oxygens (including phenoxy) is 1. The number of halogens is 1. The normalized spacial score (nSPS) is 16.4. The van der Waals surface area contributed by atoms with Crippen LogP contribution in [0.25, 0.3) is 0 Å². The maximum absolute atomic E-state index is 11.8. The molecule has 0 aromatic rings. The van der Waals surface area contributed by atoms with Gasteiger partial charge in [0.25, 0.3) is 0 Å². The highest BCUT2D eigenvalue weighted by Crippen LogP contribution is 2.11. The number of guanidine groups is 1. The summed E-state index contributed by atoms with van der Waals surface area (Å²) >= 11 is 0. The van der Waals surface area contributed by atoms with Gasteiger partial charge in [0.1, 0.15) is 6.54 Å². The Labute approximate surface area is 182 Å². The maximum atomic E-state index is 11.8. The van der Waals surface area contributed by atoms with Crippen molar-refractivity contribution in [1.82, 2.24) is 20.4 Å². The summed E-state index contributed by atoms with van der Waals surface area (Å²) in [5.41, 5.74) is 0. The lowest BCUT2D eigenvalue weighted by atomic mass is 9.99. The second-order valence-corrected chi connectivity index (χ2v) is 7.13. The van der Waals surface area contributed by atoms with Crippen molar-refractivity contribution >= 4 is 35.8 Å². The molecule has 1 fully saturated rings. The van der Waals surface area contributed by atoms with Gasteiger partial charge in [-0.1, -0.05) is 33.1 Å². The molecule has 1 atom stereocenters. The summed E-state index contributed by atoms with van der Waals surface area (Å²) in [6.07, 6.45) is 4.88. The number of rotatable bonds is 11.